The highest BCUT2D eigenvalue weighted by atomic mass is 16.5. The zero-order valence-corrected chi connectivity index (χ0v) is 17.6. The van der Waals surface area contributed by atoms with Crippen molar-refractivity contribution in [3.8, 4) is 11.4 Å². The summed E-state index contributed by atoms with van der Waals surface area (Å²) in [5.74, 6) is 1.45. The first kappa shape index (κ1) is 19.9. The summed E-state index contributed by atoms with van der Waals surface area (Å²) in [5, 5.41) is 7.43. The molecule has 1 aliphatic heterocycles. The molecule has 1 saturated heterocycles. The third-order valence-electron chi connectivity index (χ3n) is 6.34. The van der Waals surface area contributed by atoms with E-state index in [4.69, 9.17) is 4.52 Å². The first-order valence-corrected chi connectivity index (χ1v) is 11.1. The zero-order chi connectivity index (χ0) is 20.2. The van der Waals surface area contributed by atoms with Gasteiger partial charge in [-0.05, 0) is 37.2 Å². The Bertz CT molecular complexity index is 801. The molecule has 6 heteroatoms. The van der Waals surface area contributed by atoms with Gasteiger partial charge in [0.1, 0.15) is 0 Å². The van der Waals surface area contributed by atoms with E-state index in [0.29, 0.717) is 23.8 Å². The summed E-state index contributed by atoms with van der Waals surface area (Å²) in [4.78, 5) is 19.3. The van der Waals surface area contributed by atoms with Gasteiger partial charge in [-0.25, -0.2) is 0 Å². The van der Waals surface area contributed by atoms with Crippen LogP contribution < -0.4 is 10.2 Å². The van der Waals surface area contributed by atoms with Crippen LogP contribution in [0.15, 0.2) is 28.8 Å². The summed E-state index contributed by atoms with van der Waals surface area (Å²) in [6.45, 7) is 5.91. The van der Waals surface area contributed by atoms with Gasteiger partial charge in [0, 0.05) is 30.6 Å². The van der Waals surface area contributed by atoms with E-state index in [1.54, 1.807) is 0 Å². The second kappa shape index (κ2) is 8.97. The van der Waals surface area contributed by atoms with Gasteiger partial charge in [-0.2, -0.15) is 4.98 Å². The lowest BCUT2D eigenvalue weighted by Gasteiger charge is -2.31. The summed E-state index contributed by atoms with van der Waals surface area (Å²) in [7, 11) is 0. The van der Waals surface area contributed by atoms with Crippen LogP contribution in [0.25, 0.3) is 11.4 Å². The van der Waals surface area contributed by atoms with E-state index < -0.39 is 0 Å². The van der Waals surface area contributed by atoms with Gasteiger partial charge in [0.25, 0.3) is 0 Å². The Balaban J connectivity index is 1.31. The first-order chi connectivity index (χ1) is 14.1. The number of carbonyl (C=O) groups is 1. The van der Waals surface area contributed by atoms with Crippen molar-refractivity contribution >= 4 is 11.9 Å². The highest BCUT2D eigenvalue weighted by Gasteiger charge is 2.29. The van der Waals surface area contributed by atoms with Crippen molar-refractivity contribution in [1.82, 2.24) is 15.5 Å². The number of anilines is 1. The number of aromatic nitrogens is 2. The van der Waals surface area contributed by atoms with Crippen LogP contribution in [0, 0.1) is 5.92 Å². The third-order valence-corrected chi connectivity index (χ3v) is 6.34. The van der Waals surface area contributed by atoms with Crippen LogP contribution in [0.1, 0.15) is 70.3 Å². The molecule has 2 fully saturated rings. The average molecular weight is 397 g/mol. The summed E-state index contributed by atoms with van der Waals surface area (Å²) in [6, 6.07) is 9.27. The number of nitrogens with one attached hydrogen (secondary N) is 1. The summed E-state index contributed by atoms with van der Waals surface area (Å²) in [5.41, 5.74) is 2.26. The second-order valence-corrected chi connectivity index (χ2v) is 8.78. The van der Waals surface area contributed by atoms with Gasteiger partial charge in [0.15, 0.2) is 0 Å². The van der Waals surface area contributed by atoms with E-state index in [9.17, 15) is 4.79 Å². The molecule has 1 aliphatic carbocycles. The van der Waals surface area contributed by atoms with Crippen molar-refractivity contribution in [3.05, 3.63) is 29.8 Å². The van der Waals surface area contributed by atoms with Crippen molar-refractivity contribution < 1.29 is 9.32 Å². The van der Waals surface area contributed by atoms with Crippen LogP contribution in [0.5, 0.6) is 0 Å². The van der Waals surface area contributed by atoms with E-state index >= 15 is 0 Å². The van der Waals surface area contributed by atoms with Gasteiger partial charge in [-0.15, -0.1) is 0 Å². The number of amides is 1. The average Bonchev–Trinajstić information content (AvgIpc) is 3.25. The fourth-order valence-electron chi connectivity index (χ4n) is 4.38. The monoisotopic (exact) mass is 396 g/mol. The molecular weight excluding hydrogens is 364 g/mol. The number of nitrogens with zero attached hydrogens (tertiary/aromatic N) is 3. The molecule has 1 N–H and O–H groups in total. The van der Waals surface area contributed by atoms with Gasteiger partial charge in [0.2, 0.25) is 11.7 Å². The third kappa shape index (κ3) is 4.80. The van der Waals surface area contributed by atoms with Crippen molar-refractivity contribution in [1.29, 1.82) is 0 Å². The van der Waals surface area contributed by atoms with Crippen molar-refractivity contribution in [2.75, 3.05) is 18.0 Å². The SMILES string of the molecule is CC(C)c1ccc(-c2noc(N3CCC(C(=O)NC4CCCCC4)CC3)n2)cc1. The summed E-state index contributed by atoms with van der Waals surface area (Å²) < 4.78 is 5.52. The molecule has 2 aliphatic rings. The minimum atomic E-state index is 0.0964. The molecule has 0 bridgehead atoms. The zero-order valence-electron chi connectivity index (χ0n) is 17.6. The van der Waals surface area contributed by atoms with Crippen LogP contribution >= 0.6 is 0 Å². The van der Waals surface area contributed by atoms with E-state index in [-0.39, 0.29) is 11.8 Å². The Morgan fingerprint density at radius 3 is 2.41 bits per heavy atom. The molecule has 6 nitrogen and oxygen atoms in total. The molecule has 4 rings (SSSR count). The van der Waals surface area contributed by atoms with E-state index in [1.165, 1.54) is 24.8 Å². The fraction of sp³-hybridized carbons (Fsp3) is 0.609. The van der Waals surface area contributed by atoms with Crippen LogP contribution in [-0.4, -0.2) is 35.2 Å². The largest absolute Gasteiger partial charge is 0.353 e. The molecule has 1 aromatic carbocycles. The maximum Gasteiger partial charge on any atom is 0.324 e. The molecule has 2 aromatic rings. The Labute approximate surface area is 173 Å². The van der Waals surface area contributed by atoms with Crippen molar-refractivity contribution in [3.63, 3.8) is 0 Å². The van der Waals surface area contributed by atoms with E-state index in [2.05, 4.69) is 46.3 Å². The number of carbonyl (C=O) groups excluding carboxylic acids is 1. The molecule has 1 aromatic heterocycles. The maximum absolute atomic E-state index is 12.6. The Hall–Kier alpha value is -2.37. The number of benzene rings is 1. The molecule has 0 atom stereocenters. The van der Waals surface area contributed by atoms with Crippen LogP contribution in [0.3, 0.4) is 0 Å². The lowest BCUT2D eigenvalue weighted by atomic mass is 9.92. The van der Waals surface area contributed by atoms with Crippen LogP contribution in [0.2, 0.25) is 0 Å². The van der Waals surface area contributed by atoms with E-state index in [1.807, 2.05) is 12.1 Å². The Morgan fingerprint density at radius 2 is 1.76 bits per heavy atom. The molecule has 156 valence electrons. The summed E-state index contributed by atoms with van der Waals surface area (Å²) in [6.07, 6.45) is 7.71. The molecule has 1 saturated carbocycles. The highest BCUT2D eigenvalue weighted by molar-refractivity contribution is 5.79. The normalized spacial score (nSPS) is 18.9. The van der Waals surface area contributed by atoms with Crippen molar-refractivity contribution in [2.24, 2.45) is 5.92 Å². The minimum Gasteiger partial charge on any atom is -0.353 e. The molecule has 0 radical (unpaired) electrons. The van der Waals surface area contributed by atoms with Gasteiger partial charge in [-0.3, -0.25) is 4.79 Å². The topological polar surface area (TPSA) is 71.3 Å². The maximum atomic E-state index is 12.6. The van der Waals surface area contributed by atoms with E-state index in [0.717, 1.165) is 44.3 Å². The summed E-state index contributed by atoms with van der Waals surface area (Å²) >= 11 is 0. The fourth-order valence-corrected chi connectivity index (χ4v) is 4.38. The number of piperidine rings is 1. The number of hydrogen-bond donors (Lipinski definition) is 1. The second-order valence-electron chi connectivity index (χ2n) is 8.78. The first-order valence-electron chi connectivity index (χ1n) is 11.1. The molecule has 29 heavy (non-hydrogen) atoms. The van der Waals surface area contributed by atoms with Crippen molar-refractivity contribution in [2.45, 2.75) is 70.8 Å². The van der Waals surface area contributed by atoms with Gasteiger partial charge in [-0.1, -0.05) is 62.5 Å². The van der Waals surface area contributed by atoms with Crippen LogP contribution in [-0.2, 0) is 4.79 Å². The Morgan fingerprint density at radius 1 is 1.07 bits per heavy atom. The Kier molecular flexibility index (Phi) is 6.16. The standard InChI is InChI=1S/C23H32N4O2/c1-16(2)17-8-10-18(11-9-17)21-25-23(29-26-21)27-14-12-19(13-15-27)22(28)24-20-6-4-3-5-7-20/h8-11,16,19-20H,3-7,12-15H2,1-2H3,(H,24,28). The van der Waals surface area contributed by atoms with Gasteiger partial charge in [0.05, 0.1) is 0 Å². The quantitative estimate of drug-likeness (QED) is 0.804. The number of rotatable bonds is 5. The van der Waals surface area contributed by atoms with Crippen LogP contribution in [0.4, 0.5) is 6.01 Å². The molecule has 0 spiro atoms. The predicted molar refractivity (Wildman–Crippen MR) is 114 cm³/mol. The smallest absolute Gasteiger partial charge is 0.324 e. The molecule has 2 heterocycles. The lowest BCUT2D eigenvalue weighted by molar-refractivity contribution is -0.126. The number of hydrogen-bond acceptors (Lipinski definition) is 5. The molecule has 1 amide bonds. The minimum absolute atomic E-state index is 0.0964. The molecular formula is C23H32N4O2. The highest BCUT2D eigenvalue weighted by Crippen LogP contribution is 2.26. The molecule has 0 unspecified atom stereocenters. The lowest BCUT2D eigenvalue weighted by Crippen LogP contribution is -2.44. The van der Waals surface area contributed by atoms with Gasteiger partial charge >= 0.3 is 6.01 Å². The predicted octanol–water partition coefficient (Wildman–Crippen LogP) is 4.53. The van der Waals surface area contributed by atoms with Gasteiger partial charge < -0.3 is 14.7 Å².